The van der Waals surface area contributed by atoms with Gasteiger partial charge in [0.1, 0.15) is 6.54 Å². The van der Waals surface area contributed by atoms with Crippen molar-refractivity contribution in [3.05, 3.63) is 34.9 Å². The van der Waals surface area contributed by atoms with E-state index in [4.69, 9.17) is 11.6 Å². The number of halogens is 2. The maximum Gasteiger partial charge on any atom is 0.243 e. The normalized spacial score (nSPS) is 15.1. The SMILES string of the molecule is CN(C)C(=O)CN=C(NCCc1cccc(Cl)c1)NC1CCCCC1.I. The number of hydrogen-bond acceptors (Lipinski definition) is 2. The highest BCUT2D eigenvalue weighted by molar-refractivity contribution is 14.0. The minimum Gasteiger partial charge on any atom is -0.356 e. The van der Waals surface area contributed by atoms with Gasteiger partial charge in [-0.05, 0) is 37.0 Å². The maximum absolute atomic E-state index is 11.8. The average Bonchev–Trinajstić information content (AvgIpc) is 2.60. The molecular weight excluding hydrogens is 463 g/mol. The Kier molecular flexibility index (Phi) is 11.0. The maximum atomic E-state index is 11.8. The van der Waals surface area contributed by atoms with E-state index in [2.05, 4.69) is 21.7 Å². The van der Waals surface area contributed by atoms with Gasteiger partial charge < -0.3 is 15.5 Å². The summed E-state index contributed by atoms with van der Waals surface area (Å²) in [5.74, 6) is 0.726. The van der Waals surface area contributed by atoms with Gasteiger partial charge in [-0.1, -0.05) is 43.0 Å². The van der Waals surface area contributed by atoms with Crippen LogP contribution in [-0.4, -0.2) is 50.0 Å². The summed E-state index contributed by atoms with van der Waals surface area (Å²) in [6.45, 7) is 0.904. The summed E-state index contributed by atoms with van der Waals surface area (Å²) in [5.41, 5.74) is 1.18. The molecule has 0 spiro atoms. The van der Waals surface area contributed by atoms with Crippen molar-refractivity contribution in [3.8, 4) is 0 Å². The van der Waals surface area contributed by atoms with Crippen molar-refractivity contribution in [3.63, 3.8) is 0 Å². The van der Waals surface area contributed by atoms with Gasteiger partial charge >= 0.3 is 0 Å². The number of nitrogens with one attached hydrogen (secondary N) is 2. The Morgan fingerprint density at radius 1 is 1.27 bits per heavy atom. The molecule has 0 radical (unpaired) electrons. The Bertz CT molecular complexity index is 589. The Labute approximate surface area is 179 Å². The second kappa shape index (κ2) is 12.4. The smallest absolute Gasteiger partial charge is 0.243 e. The van der Waals surface area contributed by atoms with Crippen LogP contribution in [0.1, 0.15) is 37.7 Å². The minimum absolute atomic E-state index is 0. The highest BCUT2D eigenvalue weighted by Gasteiger charge is 2.15. The van der Waals surface area contributed by atoms with Gasteiger partial charge in [0.15, 0.2) is 5.96 Å². The Hall–Kier alpha value is -1.02. The fourth-order valence-electron chi connectivity index (χ4n) is 2.90. The summed E-state index contributed by atoms with van der Waals surface area (Å²) in [6, 6.07) is 8.32. The van der Waals surface area contributed by atoms with Gasteiger partial charge in [0.2, 0.25) is 5.91 Å². The first-order chi connectivity index (χ1) is 12.0. The van der Waals surface area contributed by atoms with Crippen LogP contribution >= 0.6 is 35.6 Å². The number of carbonyl (C=O) groups excluding carboxylic acids is 1. The second-order valence-corrected chi connectivity index (χ2v) is 7.18. The topological polar surface area (TPSA) is 56.7 Å². The van der Waals surface area contributed by atoms with Gasteiger partial charge in [0.05, 0.1) is 0 Å². The number of amides is 1. The molecule has 1 saturated carbocycles. The molecule has 0 aromatic heterocycles. The monoisotopic (exact) mass is 492 g/mol. The fourth-order valence-corrected chi connectivity index (χ4v) is 3.11. The van der Waals surface area contributed by atoms with Gasteiger partial charge in [-0.2, -0.15) is 0 Å². The molecule has 0 aliphatic heterocycles. The number of rotatable bonds is 6. The van der Waals surface area contributed by atoms with E-state index in [-0.39, 0.29) is 36.4 Å². The summed E-state index contributed by atoms with van der Waals surface area (Å²) in [4.78, 5) is 17.8. The molecule has 1 aromatic rings. The summed E-state index contributed by atoms with van der Waals surface area (Å²) >= 11 is 6.03. The number of carbonyl (C=O) groups is 1. The molecule has 5 nitrogen and oxygen atoms in total. The molecule has 0 unspecified atom stereocenters. The van der Waals surface area contributed by atoms with E-state index in [1.165, 1.54) is 24.8 Å². The number of hydrogen-bond donors (Lipinski definition) is 2. The van der Waals surface area contributed by atoms with E-state index in [1.54, 1.807) is 19.0 Å². The van der Waals surface area contributed by atoms with E-state index in [1.807, 2.05) is 18.2 Å². The van der Waals surface area contributed by atoms with Crippen molar-refractivity contribution in [1.29, 1.82) is 0 Å². The zero-order chi connectivity index (χ0) is 18.1. The van der Waals surface area contributed by atoms with Crippen LogP contribution in [0, 0.1) is 0 Å². The first kappa shape index (κ1) is 23.0. The molecule has 0 heterocycles. The van der Waals surface area contributed by atoms with Crippen LogP contribution in [0.5, 0.6) is 0 Å². The van der Waals surface area contributed by atoms with Gasteiger partial charge in [0.25, 0.3) is 0 Å². The average molecular weight is 493 g/mol. The summed E-state index contributed by atoms with van der Waals surface area (Å²) in [7, 11) is 3.50. The molecule has 2 rings (SSSR count). The molecule has 1 amide bonds. The van der Waals surface area contributed by atoms with Crippen LogP contribution < -0.4 is 10.6 Å². The number of nitrogens with zero attached hydrogens (tertiary/aromatic N) is 2. The highest BCUT2D eigenvalue weighted by atomic mass is 127. The fraction of sp³-hybridized carbons (Fsp3) is 0.579. The molecule has 0 saturated heterocycles. The van der Waals surface area contributed by atoms with Crippen LogP contribution in [0.2, 0.25) is 5.02 Å². The molecule has 0 atom stereocenters. The first-order valence-corrected chi connectivity index (χ1v) is 9.42. The van der Waals surface area contributed by atoms with E-state index in [9.17, 15) is 4.79 Å². The Morgan fingerprint density at radius 3 is 2.65 bits per heavy atom. The van der Waals surface area contributed by atoms with Crippen molar-refractivity contribution < 1.29 is 4.79 Å². The highest BCUT2D eigenvalue weighted by Crippen LogP contribution is 2.17. The van der Waals surface area contributed by atoms with Crippen molar-refractivity contribution in [2.45, 2.75) is 44.6 Å². The Morgan fingerprint density at radius 2 is 2.00 bits per heavy atom. The molecule has 1 aliphatic carbocycles. The number of aliphatic imine (C=N–C) groups is 1. The Balaban J connectivity index is 0.00000338. The number of guanidine groups is 1. The molecule has 1 fully saturated rings. The van der Waals surface area contributed by atoms with E-state index in [0.717, 1.165) is 36.8 Å². The van der Waals surface area contributed by atoms with Crippen molar-refractivity contribution in [2.75, 3.05) is 27.2 Å². The van der Waals surface area contributed by atoms with Crippen LogP contribution in [0.15, 0.2) is 29.3 Å². The third kappa shape index (κ3) is 8.58. The number of likely N-dealkylation sites (N-methyl/N-ethyl adjacent to an activating group) is 1. The van der Waals surface area contributed by atoms with Gasteiger partial charge in [-0.15, -0.1) is 24.0 Å². The predicted molar refractivity (Wildman–Crippen MR) is 120 cm³/mol. The van der Waals surface area contributed by atoms with Crippen molar-refractivity contribution in [1.82, 2.24) is 15.5 Å². The lowest BCUT2D eigenvalue weighted by molar-refractivity contribution is -0.127. The summed E-state index contributed by atoms with van der Waals surface area (Å²) in [6.07, 6.45) is 7.00. The third-order valence-electron chi connectivity index (χ3n) is 4.41. The van der Waals surface area contributed by atoms with Gasteiger partial charge in [0, 0.05) is 31.7 Å². The predicted octanol–water partition coefficient (Wildman–Crippen LogP) is 3.46. The molecule has 0 bridgehead atoms. The lowest BCUT2D eigenvalue weighted by Gasteiger charge is -2.25. The minimum atomic E-state index is -0.000384. The van der Waals surface area contributed by atoms with Crippen LogP contribution in [-0.2, 0) is 11.2 Å². The molecule has 26 heavy (non-hydrogen) atoms. The van der Waals surface area contributed by atoms with E-state index >= 15 is 0 Å². The van der Waals surface area contributed by atoms with Crippen LogP contribution in [0.4, 0.5) is 0 Å². The standard InChI is InChI=1S/C19H29ClN4O.HI/c1-24(2)18(25)14-22-19(23-17-9-4-3-5-10-17)21-12-11-15-7-6-8-16(20)13-15;/h6-8,13,17H,3-5,9-12,14H2,1-2H3,(H2,21,22,23);1H. The van der Waals surface area contributed by atoms with E-state index in [0.29, 0.717) is 6.04 Å². The summed E-state index contributed by atoms with van der Waals surface area (Å²) < 4.78 is 0. The van der Waals surface area contributed by atoms with Crippen LogP contribution in [0.3, 0.4) is 0 Å². The summed E-state index contributed by atoms with van der Waals surface area (Å²) in [5, 5.41) is 7.60. The van der Waals surface area contributed by atoms with Crippen molar-refractivity contribution >= 4 is 47.4 Å². The lowest BCUT2D eigenvalue weighted by Crippen LogP contribution is -2.45. The molecule has 2 N–H and O–H groups in total. The first-order valence-electron chi connectivity index (χ1n) is 9.04. The number of benzene rings is 1. The molecule has 1 aromatic carbocycles. The molecular formula is C19H30ClIN4O. The molecule has 1 aliphatic rings. The van der Waals surface area contributed by atoms with Gasteiger partial charge in [-0.25, -0.2) is 4.99 Å². The zero-order valence-electron chi connectivity index (χ0n) is 15.6. The lowest BCUT2D eigenvalue weighted by atomic mass is 9.96. The largest absolute Gasteiger partial charge is 0.356 e. The van der Waals surface area contributed by atoms with Crippen molar-refractivity contribution in [2.24, 2.45) is 4.99 Å². The molecule has 7 heteroatoms. The molecule has 146 valence electrons. The third-order valence-corrected chi connectivity index (χ3v) is 4.65. The van der Waals surface area contributed by atoms with Gasteiger partial charge in [-0.3, -0.25) is 4.79 Å². The van der Waals surface area contributed by atoms with E-state index < -0.39 is 0 Å². The van der Waals surface area contributed by atoms with Crippen LogP contribution in [0.25, 0.3) is 0 Å². The quantitative estimate of drug-likeness (QED) is 0.363. The zero-order valence-corrected chi connectivity index (χ0v) is 18.7. The second-order valence-electron chi connectivity index (χ2n) is 6.74.